The van der Waals surface area contributed by atoms with Crippen molar-refractivity contribution in [3.05, 3.63) is 65.9 Å². The average Bonchev–Trinajstić information content (AvgIpc) is 3.31. The number of ether oxygens (including phenoxy) is 2. The third kappa shape index (κ3) is 2.81. The maximum Gasteiger partial charge on any atom is 0.276 e. The first kappa shape index (κ1) is 16.6. The van der Waals surface area contributed by atoms with E-state index in [4.69, 9.17) is 9.47 Å². The Balaban J connectivity index is 1.34. The molecule has 0 saturated heterocycles. The first-order valence-electron chi connectivity index (χ1n) is 9.11. The molecule has 0 spiro atoms. The molecule has 1 amide bonds. The first-order valence-corrected chi connectivity index (χ1v) is 9.11. The summed E-state index contributed by atoms with van der Waals surface area (Å²) in [5.74, 6) is 1.69. The van der Waals surface area contributed by atoms with Gasteiger partial charge in [-0.15, -0.1) is 10.2 Å². The highest BCUT2D eigenvalue weighted by Gasteiger charge is 2.28. The average molecular weight is 374 g/mol. The summed E-state index contributed by atoms with van der Waals surface area (Å²) in [4.78, 5) is 14.7. The quantitative estimate of drug-likeness (QED) is 0.756. The van der Waals surface area contributed by atoms with E-state index in [1.54, 1.807) is 24.3 Å². The number of para-hydroxylation sites is 1. The Kier molecular flexibility index (Phi) is 3.86. The molecule has 1 N–H and O–H groups in total. The second-order valence-electron chi connectivity index (χ2n) is 6.85. The van der Waals surface area contributed by atoms with E-state index >= 15 is 0 Å². The Morgan fingerprint density at radius 1 is 1.07 bits per heavy atom. The van der Waals surface area contributed by atoms with Gasteiger partial charge in [0.2, 0.25) is 6.79 Å². The monoisotopic (exact) mass is 374 g/mol. The molecule has 3 heterocycles. The van der Waals surface area contributed by atoms with E-state index < -0.39 is 0 Å². The Bertz CT molecular complexity index is 1050. The van der Waals surface area contributed by atoms with Gasteiger partial charge in [-0.05, 0) is 49.2 Å². The number of anilines is 3. The van der Waals surface area contributed by atoms with Crippen LogP contribution < -0.4 is 19.7 Å². The number of carbonyl (C=O) groups is 1. The fourth-order valence-corrected chi connectivity index (χ4v) is 3.66. The molecule has 28 heavy (non-hydrogen) atoms. The highest BCUT2D eigenvalue weighted by Crippen LogP contribution is 2.37. The van der Waals surface area contributed by atoms with Gasteiger partial charge in [0.1, 0.15) is 0 Å². The largest absolute Gasteiger partial charge is 0.454 e. The van der Waals surface area contributed by atoms with Crippen molar-refractivity contribution in [1.29, 1.82) is 0 Å². The Morgan fingerprint density at radius 3 is 2.79 bits per heavy atom. The molecular weight excluding hydrogens is 356 g/mol. The summed E-state index contributed by atoms with van der Waals surface area (Å²) >= 11 is 0. The second-order valence-corrected chi connectivity index (χ2v) is 6.85. The lowest BCUT2D eigenvalue weighted by molar-refractivity contribution is 0.102. The summed E-state index contributed by atoms with van der Waals surface area (Å²) in [6, 6.07) is 17.3. The van der Waals surface area contributed by atoms with Gasteiger partial charge < -0.3 is 19.7 Å². The van der Waals surface area contributed by atoms with E-state index in [-0.39, 0.29) is 18.4 Å². The van der Waals surface area contributed by atoms with Crippen LogP contribution in [0.3, 0.4) is 0 Å². The van der Waals surface area contributed by atoms with Gasteiger partial charge in [0, 0.05) is 23.5 Å². The molecule has 2 aliphatic heterocycles. The molecule has 2 aliphatic rings. The van der Waals surface area contributed by atoms with E-state index in [9.17, 15) is 4.79 Å². The molecule has 2 aromatic carbocycles. The third-order valence-electron chi connectivity index (χ3n) is 4.97. The van der Waals surface area contributed by atoms with Gasteiger partial charge >= 0.3 is 0 Å². The number of carbonyl (C=O) groups excluding carboxylic acids is 1. The van der Waals surface area contributed by atoms with Crippen LogP contribution in [0.5, 0.6) is 11.5 Å². The first-order chi connectivity index (χ1) is 13.7. The predicted octanol–water partition coefficient (Wildman–Crippen LogP) is 3.54. The Labute approximate surface area is 161 Å². The maximum atomic E-state index is 12.5. The molecule has 1 unspecified atom stereocenters. The van der Waals surface area contributed by atoms with Gasteiger partial charge in [-0.1, -0.05) is 18.2 Å². The molecule has 3 aromatic rings. The number of benzene rings is 2. The lowest BCUT2D eigenvalue weighted by Gasteiger charge is -2.23. The smallest absolute Gasteiger partial charge is 0.276 e. The van der Waals surface area contributed by atoms with Gasteiger partial charge in [0.05, 0.1) is 0 Å². The zero-order valence-corrected chi connectivity index (χ0v) is 15.3. The minimum atomic E-state index is -0.326. The van der Waals surface area contributed by atoms with E-state index in [0.29, 0.717) is 23.2 Å². The molecule has 0 saturated carbocycles. The summed E-state index contributed by atoms with van der Waals surface area (Å²) in [7, 11) is 0. The van der Waals surface area contributed by atoms with Crippen LogP contribution in [0.15, 0.2) is 54.6 Å². The van der Waals surface area contributed by atoms with Crippen LogP contribution in [0.1, 0.15) is 23.0 Å². The van der Waals surface area contributed by atoms with Crippen molar-refractivity contribution in [2.24, 2.45) is 0 Å². The fourth-order valence-electron chi connectivity index (χ4n) is 3.66. The van der Waals surface area contributed by atoms with Gasteiger partial charge in [0.15, 0.2) is 23.0 Å². The van der Waals surface area contributed by atoms with Crippen LogP contribution in [-0.4, -0.2) is 28.9 Å². The number of nitrogens with one attached hydrogen (secondary N) is 1. The third-order valence-corrected chi connectivity index (χ3v) is 4.97. The zero-order valence-electron chi connectivity index (χ0n) is 15.3. The van der Waals surface area contributed by atoms with Crippen LogP contribution in [0.25, 0.3) is 0 Å². The summed E-state index contributed by atoms with van der Waals surface area (Å²) in [5.41, 5.74) is 3.30. The minimum absolute atomic E-state index is 0.192. The van der Waals surface area contributed by atoms with E-state index in [1.165, 1.54) is 5.56 Å². The molecule has 140 valence electrons. The fraction of sp³-hybridized carbons (Fsp3) is 0.190. The zero-order chi connectivity index (χ0) is 19.1. The van der Waals surface area contributed by atoms with Crippen molar-refractivity contribution < 1.29 is 14.3 Å². The summed E-state index contributed by atoms with van der Waals surface area (Å²) < 4.78 is 10.6. The van der Waals surface area contributed by atoms with Crippen molar-refractivity contribution in [2.45, 2.75) is 19.4 Å². The molecule has 0 radical (unpaired) electrons. The summed E-state index contributed by atoms with van der Waals surface area (Å²) in [6.45, 7) is 2.35. The highest BCUT2D eigenvalue weighted by atomic mass is 16.7. The molecule has 0 aliphatic carbocycles. The minimum Gasteiger partial charge on any atom is -0.454 e. The molecule has 7 heteroatoms. The van der Waals surface area contributed by atoms with Crippen LogP contribution in [0, 0.1) is 0 Å². The predicted molar refractivity (Wildman–Crippen MR) is 104 cm³/mol. The number of aromatic nitrogens is 2. The van der Waals surface area contributed by atoms with Crippen molar-refractivity contribution in [2.75, 3.05) is 17.0 Å². The van der Waals surface area contributed by atoms with Gasteiger partial charge in [0.25, 0.3) is 5.91 Å². The van der Waals surface area contributed by atoms with Crippen molar-refractivity contribution >= 4 is 23.1 Å². The Hall–Kier alpha value is -3.61. The van der Waals surface area contributed by atoms with E-state index in [1.807, 2.05) is 18.2 Å². The number of fused-ring (bicyclic) bond motifs is 2. The SMILES string of the molecule is CC1Cc2ccccc2N1c1ccc(C(=O)Nc2ccc3c(c2)OCO3)nn1. The topological polar surface area (TPSA) is 76.6 Å². The molecule has 7 nitrogen and oxygen atoms in total. The lowest BCUT2D eigenvalue weighted by atomic mass is 10.1. The van der Waals surface area contributed by atoms with Crippen molar-refractivity contribution in [3.8, 4) is 11.5 Å². The number of amides is 1. The Morgan fingerprint density at radius 2 is 1.93 bits per heavy atom. The molecular formula is C21H18N4O3. The lowest BCUT2D eigenvalue weighted by Crippen LogP contribution is -2.25. The summed E-state index contributed by atoms with van der Waals surface area (Å²) in [6.07, 6.45) is 0.963. The van der Waals surface area contributed by atoms with Crippen molar-refractivity contribution in [1.82, 2.24) is 10.2 Å². The van der Waals surface area contributed by atoms with Crippen LogP contribution in [-0.2, 0) is 6.42 Å². The summed E-state index contributed by atoms with van der Waals surface area (Å²) in [5, 5.41) is 11.3. The standard InChI is InChI=1S/C21H18N4O3/c1-13-10-14-4-2-3-5-17(14)25(13)20-9-7-16(23-24-20)21(26)22-15-6-8-18-19(11-15)28-12-27-18/h2-9,11,13H,10,12H2,1H3,(H,22,26). The number of nitrogens with zero attached hydrogens (tertiary/aromatic N) is 3. The second kappa shape index (κ2) is 6.53. The number of hydrogen-bond donors (Lipinski definition) is 1. The molecule has 0 fully saturated rings. The normalized spacial score (nSPS) is 16.8. The van der Waals surface area contributed by atoms with E-state index in [2.05, 4.69) is 39.5 Å². The van der Waals surface area contributed by atoms with Gasteiger partial charge in [-0.25, -0.2) is 0 Å². The van der Waals surface area contributed by atoms with E-state index in [0.717, 1.165) is 17.9 Å². The molecule has 5 rings (SSSR count). The molecule has 1 atom stereocenters. The van der Waals surface area contributed by atoms with Crippen molar-refractivity contribution in [3.63, 3.8) is 0 Å². The molecule has 1 aromatic heterocycles. The number of rotatable bonds is 3. The molecule has 0 bridgehead atoms. The van der Waals surface area contributed by atoms with Crippen LogP contribution >= 0.6 is 0 Å². The number of hydrogen-bond acceptors (Lipinski definition) is 6. The highest BCUT2D eigenvalue weighted by molar-refractivity contribution is 6.03. The van der Waals surface area contributed by atoms with Crippen LogP contribution in [0.2, 0.25) is 0 Å². The van der Waals surface area contributed by atoms with Crippen LogP contribution in [0.4, 0.5) is 17.2 Å². The maximum absolute atomic E-state index is 12.5. The van der Waals surface area contributed by atoms with Gasteiger partial charge in [-0.3, -0.25) is 4.79 Å². The van der Waals surface area contributed by atoms with Gasteiger partial charge in [-0.2, -0.15) is 0 Å².